The lowest BCUT2D eigenvalue weighted by Crippen LogP contribution is -2.45. The molecule has 0 aromatic rings. The Morgan fingerprint density at radius 2 is 2.37 bits per heavy atom. The molecule has 0 spiro atoms. The van der Waals surface area contributed by atoms with Crippen LogP contribution in [0.1, 0.15) is 26.7 Å². The van der Waals surface area contributed by atoms with Crippen LogP contribution in [0.15, 0.2) is 35.5 Å². The van der Waals surface area contributed by atoms with Crippen molar-refractivity contribution in [2.75, 3.05) is 13.1 Å². The lowest BCUT2D eigenvalue weighted by atomic mass is 9.86. The summed E-state index contributed by atoms with van der Waals surface area (Å²) in [5.41, 5.74) is 2.23. The van der Waals surface area contributed by atoms with Crippen LogP contribution in [0.2, 0.25) is 0 Å². The van der Waals surface area contributed by atoms with Crippen LogP contribution in [-0.4, -0.2) is 36.0 Å². The van der Waals surface area contributed by atoms with Gasteiger partial charge >= 0.3 is 0 Å². The number of amides is 1. The van der Waals surface area contributed by atoms with Crippen molar-refractivity contribution in [2.24, 2.45) is 5.92 Å². The van der Waals surface area contributed by atoms with E-state index in [0.29, 0.717) is 24.5 Å². The summed E-state index contributed by atoms with van der Waals surface area (Å²) in [7, 11) is 0. The molecule has 2 heterocycles. The van der Waals surface area contributed by atoms with Gasteiger partial charge in [-0.05, 0) is 31.4 Å². The topological polar surface area (TPSA) is 32.3 Å². The maximum absolute atomic E-state index is 12.5. The number of carbonyl (C=O) groups is 1. The molecule has 2 aliphatic heterocycles. The molecule has 3 aliphatic rings. The average molecular weight is 258 g/mol. The number of hydrogen-bond acceptors (Lipinski definition) is 2. The molecule has 3 rings (SSSR count). The SMILES string of the molecule is CCC(C)NCC1=CC2=CC=CC3CCN(C1=O)C23. The summed E-state index contributed by atoms with van der Waals surface area (Å²) in [6.07, 6.45) is 10.9. The largest absolute Gasteiger partial charge is 0.331 e. The quantitative estimate of drug-likeness (QED) is 0.837. The normalized spacial score (nSPS) is 30.0. The zero-order chi connectivity index (χ0) is 13.4. The average Bonchev–Trinajstić information content (AvgIpc) is 2.86. The molecule has 1 fully saturated rings. The summed E-state index contributed by atoms with van der Waals surface area (Å²) in [4.78, 5) is 14.6. The molecular formula is C16H22N2O. The van der Waals surface area contributed by atoms with Crippen LogP contribution in [0, 0.1) is 5.92 Å². The molecule has 0 radical (unpaired) electrons. The molecule has 0 aromatic carbocycles. The summed E-state index contributed by atoms with van der Waals surface area (Å²) < 4.78 is 0. The van der Waals surface area contributed by atoms with Gasteiger partial charge in [0, 0.05) is 30.6 Å². The van der Waals surface area contributed by atoms with Gasteiger partial charge in [-0.1, -0.05) is 25.2 Å². The second-order valence-corrected chi connectivity index (χ2v) is 5.81. The fourth-order valence-corrected chi connectivity index (χ4v) is 3.22. The molecule has 102 valence electrons. The van der Waals surface area contributed by atoms with Gasteiger partial charge in [0.25, 0.3) is 5.91 Å². The predicted octanol–water partition coefficient (Wildman–Crippen LogP) is 2.03. The molecule has 0 aromatic heterocycles. The van der Waals surface area contributed by atoms with Crippen molar-refractivity contribution >= 4 is 5.91 Å². The maximum atomic E-state index is 12.5. The molecule has 3 atom stereocenters. The van der Waals surface area contributed by atoms with E-state index < -0.39 is 0 Å². The second kappa shape index (κ2) is 4.97. The van der Waals surface area contributed by atoms with E-state index in [1.54, 1.807) is 0 Å². The van der Waals surface area contributed by atoms with Gasteiger partial charge in [-0.25, -0.2) is 0 Å². The van der Waals surface area contributed by atoms with E-state index in [2.05, 4.69) is 48.4 Å². The summed E-state index contributed by atoms with van der Waals surface area (Å²) >= 11 is 0. The summed E-state index contributed by atoms with van der Waals surface area (Å²) in [5, 5.41) is 3.43. The minimum atomic E-state index is 0.232. The van der Waals surface area contributed by atoms with Crippen molar-refractivity contribution in [3.8, 4) is 0 Å². The van der Waals surface area contributed by atoms with Gasteiger partial charge in [0.05, 0.1) is 6.04 Å². The fourth-order valence-electron chi connectivity index (χ4n) is 3.22. The fraction of sp³-hybridized carbons (Fsp3) is 0.562. The first-order valence-corrected chi connectivity index (χ1v) is 7.34. The van der Waals surface area contributed by atoms with E-state index in [4.69, 9.17) is 0 Å². The molecular weight excluding hydrogens is 236 g/mol. The Bertz CT molecular complexity index is 475. The van der Waals surface area contributed by atoms with E-state index in [1.165, 1.54) is 5.57 Å². The Morgan fingerprint density at radius 1 is 1.53 bits per heavy atom. The highest BCUT2D eigenvalue weighted by Gasteiger charge is 2.41. The van der Waals surface area contributed by atoms with Crippen molar-refractivity contribution in [3.63, 3.8) is 0 Å². The standard InChI is InChI=1S/C16H22N2O/c1-3-11(2)17-10-14-9-13-6-4-5-12-7-8-18(15(12)13)16(14)19/h4-6,9,11-12,15,17H,3,7-8,10H2,1-2H3. The summed E-state index contributed by atoms with van der Waals surface area (Å²) in [6.45, 7) is 5.90. The lowest BCUT2D eigenvalue weighted by molar-refractivity contribution is -0.128. The minimum absolute atomic E-state index is 0.232. The smallest absolute Gasteiger partial charge is 0.251 e. The molecule has 1 N–H and O–H groups in total. The van der Waals surface area contributed by atoms with E-state index >= 15 is 0 Å². The van der Waals surface area contributed by atoms with Crippen LogP contribution >= 0.6 is 0 Å². The third kappa shape index (κ3) is 2.16. The number of hydrogen-bond donors (Lipinski definition) is 1. The first-order chi connectivity index (χ1) is 9.20. The van der Waals surface area contributed by atoms with Gasteiger partial charge in [-0.2, -0.15) is 0 Å². The van der Waals surface area contributed by atoms with Gasteiger partial charge in [-0.3, -0.25) is 4.79 Å². The van der Waals surface area contributed by atoms with Gasteiger partial charge < -0.3 is 10.2 Å². The Kier molecular flexibility index (Phi) is 3.31. The Balaban J connectivity index is 1.81. The van der Waals surface area contributed by atoms with E-state index in [0.717, 1.165) is 25.0 Å². The van der Waals surface area contributed by atoms with E-state index in [-0.39, 0.29) is 5.91 Å². The number of rotatable bonds is 4. The van der Waals surface area contributed by atoms with E-state index in [9.17, 15) is 4.79 Å². The number of nitrogens with zero attached hydrogens (tertiary/aromatic N) is 1. The highest BCUT2D eigenvalue weighted by molar-refractivity contribution is 5.97. The van der Waals surface area contributed by atoms with Crippen molar-refractivity contribution in [1.29, 1.82) is 0 Å². The third-order valence-electron chi connectivity index (χ3n) is 4.56. The Hall–Kier alpha value is -1.35. The van der Waals surface area contributed by atoms with Crippen LogP contribution in [0.3, 0.4) is 0 Å². The molecule has 0 saturated carbocycles. The third-order valence-corrected chi connectivity index (χ3v) is 4.56. The number of carbonyl (C=O) groups excluding carboxylic acids is 1. The van der Waals surface area contributed by atoms with Crippen LogP contribution in [0.4, 0.5) is 0 Å². The highest BCUT2D eigenvalue weighted by Crippen LogP contribution is 2.37. The molecule has 1 saturated heterocycles. The van der Waals surface area contributed by atoms with Crippen LogP contribution in [-0.2, 0) is 4.79 Å². The molecule has 19 heavy (non-hydrogen) atoms. The van der Waals surface area contributed by atoms with Crippen LogP contribution < -0.4 is 5.32 Å². The van der Waals surface area contributed by atoms with Crippen molar-refractivity contribution in [3.05, 3.63) is 35.5 Å². The molecule has 1 amide bonds. The van der Waals surface area contributed by atoms with Gasteiger partial charge in [0.15, 0.2) is 0 Å². The first-order valence-electron chi connectivity index (χ1n) is 7.34. The zero-order valence-corrected chi connectivity index (χ0v) is 11.7. The molecule has 1 aliphatic carbocycles. The van der Waals surface area contributed by atoms with E-state index in [1.807, 2.05) is 0 Å². The number of allylic oxidation sites excluding steroid dienone is 2. The van der Waals surface area contributed by atoms with Gasteiger partial charge in [0.1, 0.15) is 0 Å². The zero-order valence-electron chi connectivity index (χ0n) is 11.7. The summed E-state index contributed by atoms with van der Waals surface area (Å²) in [5.74, 6) is 0.764. The van der Waals surface area contributed by atoms with Gasteiger partial charge in [0.2, 0.25) is 0 Å². The van der Waals surface area contributed by atoms with Gasteiger partial charge in [-0.15, -0.1) is 0 Å². The second-order valence-electron chi connectivity index (χ2n) is 5.81. The summed E-state index contributed by atoms with van der Waals surface area (Å²) in [6, 6.07) is 0.767. The maximum Gasteiger partial charge on any atom is 0.251 e. The molecule has 0 bridgehead atoms. The highest BCUT2D eigenvalue weighted by atomic mass is 16.2. The first kappa shape index (κ1) is 12.7. The predicted molar refractivity (Wildman–Crippen MR) is 76.7 cm³/mol. The Morgan fingerprint density at radius 3 is 3.16 bits per heavy atom. The molecule has 3 unspecified atom stereocenters. The Labute approximate surface area is 115 Å². The van der Waals surface area contributed by atoms with Crippen LogP contribution in [0.25, 0.3) is 0 Å². The van der Waals surface area contributed by atoms with Crippen molar-refractivity contribution < 1.29 is 4.79 Å². The number of nitrogens with one attached hydrogen (secondary N) is 1. The minimum Gasteiger partial charge on any atom is -0.331 e. The van der Waals surface area contributed by atoms with Crippen molar-refractivity contribution in [2.45, 2.75) is 38.8 Å². The monoisotopic (exact) mass is 258 g/mol. The van der Waals surface area contributed by atoms with Crippen molar-refractivity contribution in [1.82, 2.24) is 10.2 Å². The molecule has 3 nitrogen and oxygen atoms in total. The van der Waals surface area contributed by atoms with Crippen LogP contribution in [0.5, 0.6) is 0 Å². The lowest BCUT2D eigenvalue weighted by Gasteiger charge is -2.35. The molecule has 3 heteroatoms.